The van der Waals surface area contributed by atoms with Crippen molar-refractivity contribution in [3.8, 4) is 0 Å². The van der Waals surface area contributed by atoms with Crippen molar-refractivity contribution in [2.75, 3.05) is 5.32 Å². The van der Waals surface area contributed by atoms with E-state index in [9.17, 15) is 4.79 Å². The zero-order chi connectivity index (χ0) is 15.9. The van der Waals surface area contributed by atoms with E-state index in [2.05, 4.69) is 39.6 Å². The third-order valence-electron chi connectivity index (χ3n) is 3.57. The summed E-state index contributed by atoms with van der Waals surface area (Å²) in [6, 6.07) is 16.4. The Morgan fingerprint density at radius 3 is 2.45 bits per heavy atom. The molecular weight excluding hydrogens is 340 g/mol. The van der Waals surface area contributed by atoms with Gasteiger partial charge in [-0.05, 0) is 36.2 Å². The fraction of sp³-hybridized carbons (Fsp3) is 0.278. The summed E-state index contributed by atoms with van der Waals surface area (Å²) in [5, 5.41) is 6.37. The molecule has 0 aromatic heterocycles. The zero-order valence-corrected chi connectivity index (χ0v) is 14.5. The van der Waals surface area contributed by atoms with Crippen molar-refractivity contribution >= 4 is 27.5 Å². The Kier molecular flexibility index (Phi) is 6.16. The van der Waals surface area contributed by atoms with Gasteiger partial charge < -0.3 is 10.6 Å². The molecule has 2 aromatic rings. The SMILES string of the molecule is CCC(=O)Nc1ccc(C(C)NCc2ccccc2Br)cc1. The Morgan fingerprint density at radius 1 is 1.14 bits per heavy atom. The third-order valence-corrected chi connectivity index (χ3v) is 4.35. The number of carbonyl (C=O) groups excluding carboxylic acids is 1. The Morgan fingerprint density at radius 2 is 1.82 bits per heavy atom. The van der Waals surface area contributed by atoms with E-state index < -0.39 is 0 Å². The van der Waals surface area contributed by atoms with Crippen LogP contribution in [0.3, 0.4) is 0 Å². The number of amides is 1. The minimum absolute atomic E-state index is 0.0350. The molecule has 1 atom stereocenters. The molecule has 0 bridgehead atoms. The molecule has 0 heterocycles. The van der Waals surface area contributed by atoms with Crippen molar-refractivity contribution in [1.82, 2.24) is 5.32 Å². The van der Waals surface area contributed by atoms with Crippen molar-refractivity contribution in [2.45, 2.75) is 32.9 Å². The first-order valence-corrected chi connectivity index (χ1v) is 8.26. The summed E-state index contributed by atoms with van der Waals surface area (Å²) in [5.74, 6) is 0.0350. The molecule has 0 aliphatic rings. The van der Waals surface area contributed by atoms with Crippen LogP contribution in [0.4, 0.5) is 5.69 Å². The highest BCUT2D eigenvalue weighted by Gasteiger charge is 2.07. The van der Waals surface area contributed by atoms with Gasteiger partial charge in [-0.3, -0.25) is 4.79 Å². The van der Waals surface area contributed by atoms with E-state index in [4.69, 9.17) is 0 Å². The van der Waals surface area contributed by atoms with Crippen molar-refractivity contribution in [1.29, 1.82) is 0 Å². The standard InChI is InChI=1S/C18H21BrN2O/c1-3-18(22)21-16-10-8-14(9-11-16)13(2)20-12-15-6-4-5-7-17(15)19/h4-11,13,20H,3,12H2,1-2H3,(H,21,22). The molecule has 0 fully saturated rings. The van der Waals surface area contributed by atoms with E-state index in [1.54, 1.807) is 0 Å². The van der Waals surface area contributed by atoms with Crippen LogP contribution < -0.4 is 10.6 Å². The van der Waals surface area contributed by atoms with E-state index in [0.717, 1.165) is 16.7 Å². The van der Waals surface area contributed by atoms with Crippen LogP contribution in [0, 0.1) is 0 Å². The summed E-state index contributed by atoms with van der Waals surface area (Å²) >= 11 is 3.56. The van der Waals surface area contributed by atoms with Crippen LogP contribution in [-0.2, 0) is 11.3 Å². The molecular formula is C18H21BrN2O. The second kappa shape index (κ2) is 8.11. The summed E-state index contributed by atoms with van der Waals surface area (Å²) in [7, 11) is 0. The van der Waals surface area contributed by atoms with Gasteiger partial charge in [0.2, 0.25) is 5.91 Å². The van der Waals surface area contributed by atoms with Crippen LogP contribution in [0.25, 0.3) is 0 Å². The topological polar surface area (TPSA) is 41.1 Å². The van der Waals surface area contributed by atoms with Crippen LogP contribution in [-0.4, -0.2) is 5.91 Å². The van der Waals surface area contributed by atoms with E-state index in [1.807, 2.05) is 49.4 Å². The third kappa shape index (κ3) is 4.68. The van der Waals surface area contributed by atoms with E-state index >= 15 is 0 Å². The fourth-order valence-corrected chi connectivity index (χ4v) is 2.55. The van der Waals surface area contributed by atoms with Crippen LogP contribution in [0.5, 0.6) is 0 Å². The summed E-state index contributed by atoms with van der Waals surface area (Å²) in [4.78, 5) is 11.4. The summed E-state index contributed by atoms with van der Waals surface area (Å²) in [5.41, 5.74) is 3.27. The quantitative estimate of drug-likeness (QED) is 0.787. The number of anilines is 1. The van der Waals surface area contributed by atoms with Gasteiger partial charge in [-0.1, -0.05) is 53.2 Å². The maximum Gasteiger partial charge on any atom is 0.224 e. The van der Waals surface area contributed by atoms with Gasteiger partial charge >= 0.3 is 0 Å². The minimum Gasteiger partial charge on any atom is -0.326 e. The first-order chi connectivity index (χ1) is 10.6. The molecule has 116 valence electrons. The average molecular weight is 361 g/mol. The molecule has 22 heavy (non-hydrogen) atoms. The number of hydrogen-bond acceptors (Lipinski definition) is 2. The van der Waals surface area contributed by atoms with Crippen LogP contribution in [0.2, 0.25) is 0 Å². The predicted molar refractivity (Wildman–Crippen MR) is 94.8 cm³/mol. The van der Waals surface area contributed by atoms with Gasteiger partial charge in [-0.15, -0.1) is 0 Å². The summed E-state index contributed by atoms with van der Waals surface area (Å²) < 4.78 is 1.12. The number of rotatable bonds is 6. The monoisotopic (exact) mass is 360 g/mol. The zero-order valence-electron chi connectivity index (χ0n) is 12.9. The highest BCUT2D eigenvalue weighted by atomic mass is 79.9. The second-order valence-corrected chi connectivity index (χ2v) is 6.07. The minimum atomic E-state index is 0.0350. The fourth-order valence-electron chi connectivity index (χ4n) is 2.13. The van der Waals surface area contributed by atoms with Crippen molar-refractivity contribution in [2.24, 2.45) is 0 Å². The number of hydrogen-bond donors (Lipinski definition) is 2. The normalized spacial score (nSPS) is 12.0. The van der Waals surface area contributed by atoms with Gasteiger partial charge in [0.25, 0.3) is 0 Å². The summed E-state index contributed by atoms with van der Waals surface area (Å²) in [6.07, 6.45) is 0.492. The van der Waals surface area contributed by atoms with Gasteiger partial charge in [-0.2, -0.15) is 0 Å². The molecule has 0 radical (unpaired) electrons. The first-order valence-electron chi connectivity index (χ1n) is 7.46. The van der Waals surface area contributed by atoms with E-state index in [0.29, 0.717) is 6.42 Å². The van der Waals surface area contributed by atoms with E-state index in [-0.39, 0.29) is 11.9 Å². The molecule has 1 unspecified atom stereocenters. The Labute approximate surface area is 140 Å². The molecule has 0 spiro atoms. The van der Waals surface area contributed by atoms with Crippen molar-refractivity contribution < 1.29 is 4.79 Å². The lowest BCUT2D eigenvalue weighted by atomic mass is 10.1. The highest BCUT2D eigenvalue weighted by Crippen LogP contribution is 2.19. The molecule has 0 aliphatic carbocycles. The maximum absolute atomic E-state index is 11.4. The Bertz CT molecular complexity index is 625. The summed E-state index contributed by atoms with van der Waals surface area (Å²) in [6.45, 7) is 4.78. The van der Waals surface area contributed by atoms with Gasteiger partial charge in [0.1, 0.15) is 0 Å². The second-order valence-electron chi connectivity index (χ2n) is 5.22. The first kappa shape index (κ1) is 16.7. The Hall–Kier alpha value is -1.65. The average Bonchev–Trinajstić information content (AvgIpc) is 2.54. The predicted octanol–water partition coefficient (Wildman–Crippen LogP) is 4.65. The lowest BCUT2D eigenvalue weighted by Gasteiger charge is -2.15. The number of carbonyl (C=O) groups is 1. The molecule has 2 rings (SSSR count). The molecule has 1 amide bonds. The molecule has 0 aliphatic heterocycles. The van der Waals surface area contributed by atoms with E-state index in [1.165, 1.54) is 11.1 Å². The van der Waals surface area contributed by atoms with Crippen LogP contribution >= 0.6 is 15.9 Å². The lowest BCUT2D eigenvalue weighted by molar-refractivity contribution is -0.115. The lowest BCUT2D eigenvalue weighted by Crippen LogP contribution is -2.18. The molecule has 0 saturated heterocycles. The van der Waals surface area contributed by atoms with Crippen molar-refractivity contribution in [3.63, 3.8) is 0 Å². The molecule has 0 saturated carbocycles. The Balaban J connectivity index is 1.94. The molecule has 2 N–H and O–H groups in total. The molecule has 3 nitrogen and oxygen atoms in total. The van der Waals surface area contributed by atoms with Gasteiger partial charge in [0.15, 0.2) is 0 Å². The molecule has 2 aromatic carbocycles. The van der Waals surface area contributed by atoms with Crippen LogP contribution in [0.15, 0.2) is 53.0 Å². The largest absolute Gasteiger partial charge is 0.326 e. The smallest absolute Gasteiger partial charge is 0.224 e. The highest BCUT2D eigenvalue weighted by molar-refractivity contribution is 9.10. The van der Waals surface area contributed by atoms with Crippen LogP contribution in [0.1, 0.15) is 37.4 Å². The number of benzene rings is 2. The maximum atomic E-state index is 11.4. The molecule has 4 heteroatoms. The van der Waals surface area contributed by atoms with Gasteiger partial charge in [0.05, 0.1) is 0 Å². The number of halogens is 1. The van der Waals surface area contributed by atoms with Crippen molar-refractivity contribution in [3.05, 3.63) is 64.1 Å². The number of nitrogens with one attached hydrogen (secondary N) is 2. The van der Waals surface area contributed by atoms with Gasteiger partial charge in [0, 0.05) is 29.2 Å². The van der Waals surface area contributed by atoms with Gasteiger partial charge in [-0.25, -0.2) is 0 Å².